The highest BCUT2D eigenvalue weighted by atomic mass is 32.1. The lowest BCUT2D eigenvalue weighted by molar-refractivity contribution is -0.115. The molecule has 140 valence electrons. The van der Waals surface area contributed by atoms with E-state index in [-0.39, 0.29) is 18.1 Å². The predicted octanol–water partition coefficient (Wildman–Crippen LogP) is 4.55. The van der Waals surface area contributed by atoms with Crippen LogP contribution in [-0.4, -0.2) is 10.9 Å². The number of amides is 1. The van der Waals surface area contributed by atoms with Crippen LogP contribution in [0.25, 0.3) is 21.5 Å². The first-order chi connectivity index (χ1) is 13.5. The number of nitrogens with one attached hydrogen (secondary N) is 1. The summed E-state index contributed by atoms with van der Waals surface area (Å²) in [6.07, 6.45) is 0.105. The highest BCUT2D eigenvalue weighted by molar-refractivity contribution is 7.13. The highest BCUT2D eigenvalue weighted by Crippen LogP contribution is 2.25. The molecule has 0 fully saturated rings. The van der Waals surface area contributed by atoms with Crippen LogP contribution < -0.4 is 10.9 Å². The van der Waals surface area contributed by atoms with Gasteiger partial charge in [-0.15, -0.1) is 11.3 Å². The standard InChI is InChI=1S/C21H15FN2O3S/c1-12-8-20(26)27-18-9-15(6-7-17(12)18)23-19(25)10-16-11-28-21(24-16)13-2-4-14(22)5-3-13/h2-9,11H,10H2,1H3,(H,23,25). The first-order valence-electron chi connectivity index (χ1n) is 8.53. The van der Waals surface area contributed by atoms with Gasteiger partial charge in [0.05, 0.1) is 12.1 Å². The summed E-state index contributed by atoms with van der Waals surface area (Å²) in [4.78, 5) is 28.3. The van der Waals surface area contributed by atoms with E-state index in [2.05, 4.69) is 10.3 Å². The molecule has 0 atom stereocenters. The second-order valence-corrected chi connectivity index (χ2v) is 7.19. The number of nitrogens with zero attached hydrogens (tertiary/aromatic N) is 1. The number of aromatic nitrogens is 1. The third-order valence-electron chi connectivity index (χ3n) is 4.22. The van der Waals surface area contributed by atoms with Crippen LogP contribution in [-0.2, 0) is 11.2 Å². The number of thiazole rings is 1. The first kappa shape index (κ1) is 18.1. The summed E-state index contributed by atoms with van der Waals surface area (Å²) < 4.78 is 18.2. The molecule has 0 radical (unpaired) electrons. The van der Waals surface area contributed by atoms with Gasteiger partial charge in [-0.05, 0) is 48.9 Å². The summed E-state index contributed by atoms with van der Waals surface area (Å²) in [6.45, 7) is 1.83. The lowest BCUT2D eigenvalue weighted by atomic mass is 10.1. The Morgan fingerprint density at radius 3 is 2.75 bits per heavy atom. The van der Waals surface area contributed by atoms with Gasteiger partial charge >= 0.3 is 5.63 Å². The molecule has 0 aliphatic carbocycles. The van der Waals surface area contributed by atoms with Gasteiger partial charge in [-0.1, -0.05) is 0 Å². The Labute approximate surface area is 163 Å². The van der Waals surface area contributed by atoms with E-state index >= 15 is 0 Å². The summed E-state index contributed by atoms with van der Waals surface area (Å²) in [7, 11) is 0. The Kier molecular flexibility index (Phi) is 4.75. The Bertz CT molecular complexity index is 1230. The van der Waals surface area contributed by atoms with Gasteiger partial charge in [0.1, 0.15) is 16.4 Å². The number of rotatable bonds is 4. The van der Waals surface area contributed by atoms with Crippen molar-refractivity contribution in [3.8, 4) is 10.6 Å². The van der Waals surface area contributed by atoms with Crippen LogP contribution in [0, 0.1) is 12.7 Å². The molecule has 1 N–H and O–H groups in total. The molecule has 1 amide bonds. The predicted molar refractivity (Wildman–Crippen MR) is 107 cm³/mol. The van der Waals surface area contributed by atoms with Gasteiger partial charge in [0.2, 0.25) is 5.91 Å². The van der Waals surface area contributed by atoms with Crippen LogP contribution in [0.5, 0.6) is 0 Å². The van der Waals surface area contributed by atoms with E-state index in [9.17, 15) is 14.0 Å². The van der Waals surface area contributed by atoms with E-state index < -0.39 is 5.63 Å². The van der Waals surface area contributed by atoms with Crippen LogP contribution >= 0.6 is 11.3 Å². The van der Waals surface area contributed by atoms with Gasteiger partial charge in [-0.25, -0.2) is 14.2 Å². The summed E-state index contributed by atoms with van der Waals surface area (Å²) in [5, 5.41) is 6.15. The maximum Gasteiger partial charge on any atom is 0.336 e. The summed E-state index contributed by atoms with van der Waals surface area (Å²) in [5.41, 5.74) is 2.79. The number of aryl methyl sites for hydroxylation is 1. The topological polar surface area (TPSA) is 72.2 Å². The number of halogens is 1. The third-order valence-corrected chi connectivity index (χ3v) is 5.16. The van der Waals surface area contributed by atoms with E-state index in [4.69, 9.17) is 4.42 Å². The molecule has 7 heteroatoms. The van der Waals surface area contributed by atoms with Gasteiger partial charge < -0.3 is 9.73 Å². The first-order valence-corrected chi connectivity index (χ1v) is 9.40. The maximum absolute atomic E-state index is 13.0. The summed E-state index contributed by atoms with van der Waals surface area (Å²) >= 11 is 1.40. The van der Waals surface area contributed by atoms with Crippen molar-refractivity contribution >= 4 is 33.9 Å². The molecule has 5 nitrogen and oxygen atoms in total. The van der Waals surface area contributed by atoms with Crippen molar-refractivity contribution in [3.05, 3.63) is 81.4 Å². The fraction of sp³-hybridized carbons (Fsp3) is 0.0952. The fourth-order valence-corrected chi connectivity index (χ4v) is 3.71. The number of carbonyl (C=O) groups excluding carboxylic acids is 1. The zero-order chi connectivity index (χ0) is 19.7. The van der Waals surface area contributed by atoms with Crippen LogP contribution in [0.4, 0.5) is 10.1 Å². The molecule has 0 aliphatic rings. The quantitative estimate of drug-likeness (QED) is 0.516. The molecule has 4 aromatic rings. The molecule has 4 rings (SSSR count). The molecule has 0 aliphatic heterocycles. The number of hydrogen-bond acceptors (Lipinski definition) is 5. The lowest BCUT2D eigenvalue weighted by Crippen LogP contribution is -2.14. The van der Waals surface area contributed by atoms with E-state index in [1.54, 1.807) is 35.7 Å². The number of carbonyl (C=O) groups is 1. The third kappa shape index (κ3) is 3.84. The maximum atomic E-state index is 13.0. The minimum Gasteiger partial charge on any atom is -0.423 e. The van der Waals surface area contributed by atoms with Gasteiger partial charge in [0, 0.05) is 34.1 Å². The van der Waals surface area contributed by atoms with Crippen molar-refractivity contribution in [2.45, 2.75) is 13.3 Å². The number of benzene rings is 2. The monoisotopic (exact) mass is 394 g/mol. The van der Waals surface area contributed by atoms with Crippen LogP contribution in [0.15, 0.2) is 63.1 Å². The number of fused-ring (bicyclic) bond motifs is 1. The van der Waals surface area contributed by atoms with Crippen LogP contribution in [0.3, 0.4) is 0 Å². The molecule has 0 saturated carbocycles. The van der Waals surface area contributed by atoms with E-state index in [0.29, 0.717) is 17.0 Å². The second-order valence-electron chi connectivity index (χ2n) is 6.34. The molecule has 0 bridgehead atoms. The van der Waals surface area contributed by atoms with Crippen molar-refractivity contribution in [3.63, 3.8) is 0 Å². The zero-order valence-electron chi connectivity index (χ0n) is 14.9. The second kappa shape index (κ2) is 7.36. The summed E-state index contributed by atoms with van der Waals surface area (Å²) in [5.74, 6) is -0.536. The van der Waals surface area contributed by atoms with Crippen LogP contribution in [0.2, 0.25) is 0 Å². The van der Waals surface area contributed by atoms with Gasteiger partial charge in [-0.2, -0.15) is 0 Å². The number of hydrogen-bond donors (Lipinski definition) is 1. The van der Waals surface area contributed by atoms with Crippen LogP contribution in [0.1, 0.15) is 11.3 Å². The van der Waals surface area contributed by atoms with Crippen molar-refractivity contribution in [1.82, 2.24) is 4.98 Å². The molecule has 0 spiro atoms. The SMILES string of the molecule is Cc1cc(=O)oc2cc(NC(=O)Cc3csc(-c4ccc(F)cc4)n3)ccc12. The molecule has 0 unspecified atom stereocenters. The average molecular weight is 394 g/mol. The Morgan fingerprint density at radius 1 is 1.18 bits per heavy atom. The van der Waals surface area contributed by atoms with E-state index in [1.807, 2.05) is 6.92 Å². The van der Waals surface area contributed by atoms with Crippen molar-refractivity contribution in [1.29, 1.82) is 0 Å². The molecular formula is C21H15FN2O3S. The molecule has 0 saturated heterocycles. The van der Waals surface area contributed by atoms with E-state index in [0.717, 1.165) is 21.5 Å². The normalized spacial score (nSPS) is 10.9. The highest BCUT2D eigenvalue weighted by Gasteiger charge is 2.11. The van der Waals surface area contributed by atoms with Gasteiger partial charge in [0.25, 0.3) is 0 Å². The molecule has 2 aromatic carbocycles. The van der Waals surface area contributed by atoms with Crippen molar-refractivity contribution < 1.29 is 13.6 Å². The molecule has 28 heavy (non-hydrogen) atoms. The zero-order valence-corrected chi connectivity index (χ0v) is 15.7. The minimum atomic E-state index is -0.427. The summed E-state index contributed by atoms with van der Waals surface area (Å²) in [6, 6.07) is 12.7. The molecule has 2 heterocycles. The lowest BCUT2D eigenvalue weighted by Gasteiger charge is -2.06. The van der Waals surface area contributed by atoms with E-state index in [1.165, 1.54) is 29.5 Å². The smallest absolute Gasteiger partial charge is 0.336 e. The Hall–Kier alpha value is -3.32. The Morgan fingerprint density at radius 2 is 1.96 bits per heavy atom. The molecular weight excluding hydrogens is 379 g/mol. The van der Waals surface area contributed by atoms with Crippen molar-refractivity contribution in [2.75, 3.05) is 5.32 Å². The van der Waals surface area contributed by atoms with Gasteiger partial charge in [0.15, 0.2) is 0 Å². The minimum absolute atomic E-state index is 0.105. The fourth-order valence-electron chi connectivity index (χ4n) is 2.89. The van der Waals surface area contributed by atoms with Crippen molar-refractivity contribution in [2.24, 2.45) is 0 Å². The molecule has 2 aromatic heterocycles. The van der Waals surface area contributed by atoms with Gasteiger partial charge in [-0.3, -0.25) is 4.79 Å². The largest absolute Gasteiger partial charge is 0.423 e. The average Bonchev–Trinajstić information content (AvgIpc) is 3.10. The Balaban J connectivity index is 1.48. The number of anilines is 1.